The van der Waals surface area contributed by atoms with E-state index in [0.29, 0.717) is 5.56 Å². The Labute approximate surface area is 74.9 Å². The Morgan fingerprint density at radius 1 is 1.58 bits per heavy atom. The molecule has 0 radical (unpaired) electrons. The maximum atomic E-state index is 8.62. The first kappa shape index (κ1) is 7.38. The molecule has 0 spiro atoms. The maximum Gasteiger partial charge on any atom is 0.101 e. The first-order valence-electron chi connectivity index (χ1n) is 3.57. The number of nitriles is 1. The second-order valence-electron chi connectivity index (χ2n) is 2.49. The molecule has 2 nitrogen and oxygen atoms in total. The van der Waals surface area contributed by atoms with Crippen molar-refractivity contribution < 1.29 is 0 Å². The van der Waals surface area contributed by atoms with Crippen molar-refractivity contribution in [3.8, 4) is 6.07 Å². The molecule has 1 aliphatic rings. The molecule has 0 unspecified atom stereocenters. The molecule has 0 saturated heterocycles. The van der Waals surface area contributed by atoms with Crippen molar-refractivity contribution in [1.29, 1.82) is 5.26 Å². The molecule has 0 fully saturated rings. The molecule has 0 atom stereocenters. The zero-order chi connectivity index (χ0) is 8.39. The standard InChI is InChI=1S/C9H6N2S/c10-4-7-3-8-6-12-2-1-9(8)11-5-7/h1-3,5H,6H2. The molecule has 12 heavy (non-hydrogen) atoms. The van der Waals surface area contributed by atoms with E-state index in [4.69, 9.17) is 5.26 Å². The lowest BCUT2D eigenvalue weighted by Crippen LogP contribution is -1.94. The molecule has 0 amide bonds. The number of nitrogens with zero attached hydrogens (tertiary/aromatic N) is 2. The minimum Gasteiger partial charge on any atom is -0.255 e. The van der Waals surface area contributed by atoms with Gasteiger partial charge in [0.05, 0.1) is 11.3 Å². The predicted octanol–water partition coefficient (Wildman–Crippen LogP) is 2.17. The zero-order valence-electron chi connectivity index (χ0n) is 6.32. The number of thioether (sulfide) groups is 1. The molecule has 1 aromatic heterocycles. The highest BCUT2D eigenvalue weighted by Gasteiger charge is 2.05. The average molecular weight is 174 g/mol. The van der Waals surface area contributed by atoms with Gasteiger partial charge in [0.15, 0.2) is 0 Å². The van der Waals surface area contributed by atoms with Crippen molar-refractivity contribution in [2.45, 2.75) is 5.75 Å². The lowest BCUT2D eigenvalue weighted by atomic mass is 10.1. The highest BCUT2D eigenvalue weighted by molar-refractivity contribution is 8.01. The van der Waals surface area contributed by atoms with Crippen LogP contribution < -0.4 is 0 Å². The van der Waals surface area contributed by atoms with E-state index in [1.54, 1.807) is 18.0 Å². The van der Waals surface area contributed by atoms with Gasteiger partial charge in [0.1, 0.15) is 6.07 Å². The summed E-state index contributed by atoms with van der Waals surface area (Å²) in [5, 5.41) is 10.7. The fourth-order valence-electron chi connectivity index (χ4n) is 1.10. The Hall–Kier alpha value is -1.27. The van der Waals surface area contributed by atoms with Gasteiger partial charge in [-0.15, -0.1) is 11.8 Å². The first-order chi connectivity index (χ1) is 5.90. The van der Waals surface area contributed by atoms with Crippen LogP contribution in [-0.4, -0.2) is 4.98 Å². The molecule has 1 aliphatic heterocycles. The van der Waals surface area contributed by atoms with Crippen molar-refractivity contribution in [2.75, 3.05) is 0 Å². The number of rotatable bonds is 0. The maximum absolute atomic E-state index is 8.62. The largest absolute Gasteiger partial charge is 0.255 e. The van der Waals surface area contributed by atoms with Gasteiger partial charge in [0.25, 0.3) is 0 Å². The second kappa shape index (κ2) is 3.00. The Morgan fingerprint density at radius 2 is 2.50 bits per heavy atom. The van der Waals surface area contributed by atoms with Gasteiger partial charge in [-0.05, 0) is 23.1 Å². The molecular formula is C9H6N2S. The lowest BCUT2D eigenvalue weighted by Gasteiger charge is -2.07. The summed E-state index contributed by atoms with van der Waals surface area (Å²) in [5.41, 5.74) is 2.79. The van der Waals surface area contributed by atoms with Crippen molar-refractivity contribution in [3.05, 3.63) is 34.5 Å². The predicted molar refractivity (Wildman–Crippen MR) is 49.3 cm³/mol. The summed E-state index contributed by atoms with van der Waals surface area (Å²) in [7, 11) is 0. The lowest BCUT2D eigenvalue weighted by molar-refractivity contribution is 1.20. The zero-order valence-corrected chi connectivity index (χ0v) is 7.14. The van der Waals surface area contributed by atoms with E-state index < -0.39 is 0 Å². The molecule has 0 N–H and O–H groups in total. The van der Waals surface area contributed by atoms with Crippen LogP contribution >= 0.6 is 11.8 Å². The topological polar surface area (TPSA) is 36.7 Å². The Bertz CT molecular complexity index is 377. The molecule has 2 rings (SSSR count). The van der Waals surface area contributed by atoms with Gasteiger partial charge in [-0.3, -0.25) is 4.98 Å². The van der Waals surface area contributed by atoms with Crippen molar-refractivity contribution >= 4 is 17.8 Å². The number of aromatic nitrogens is 1. The number of fused-ring (bicyclic) bond motifs is 1. The van der Waals surface area contributed by atoms with E-state index in [0.717, 1.165) is 17.0 Å². The van der Waals surface area contributed by atoms with Gasteiger partial charge in [-0.25, -0.2) is 0 Å². The molecule has 0 saturated carbocycles. The average Bonchev–Trinajstić information content (AvgIpc) is 2.17. The highest BCUT2D eigenvalue weighted by Crippen LogP contribution is 2.23. The highest BCUT2D eigenvalue weighted by atomic mass is 32.2. The third-order valence-electron chi connectivity index (χ3n) is 1.69. The Morgan fingerprint density at radius 3 is 3.33 bits per heavy atom. The fourth-order valence-corrected chi connectivity index (χ4v) is 1.83. The minimum atomic E-state index is 0.643. The van der Waals surface area contributed by atoms with E-state index in [2.05, 4.69) is 11.1 Å². The van der Waals surface area contributed by atoms with Crippen molar-refractivity contribution in [2.24, 2.45) is 0 Å². The summed E-state index contributed by atoms with van der Waals surface area (Å²) in [6, 6.07) is 3.98. The van der Waals surface area contributed by atoms with Crippen LogP contribution in [0.15, 0.2) is 17.7 Å². The van der Waals surface area contributed by atoms with Crippen LogP contribution in [0.5, 0.6) is 0 Å². The van der Waals surface area contributed by atoms with Crippen LogP contribution in [0.2, 0.25) is 0 Å². The van der Waals surface area contributed by atoms with E-state index in [1.165, 1.54) is 0 Å². The van der Waals surface area contributed by atoms with Crippen LogP contribution in [0, 0.1) is 11.3 Å². The minimum absolute atomic E-state index is 0.643. The summed E-state index contributed by atoms with van der Waals surface area (Å²) >= 11 is 1.73. The number of pyridine rings is 1. The van der Waals surface area contributed by atoms with Crippen LogP contribution in [0.4, 0.5) is 0 Å². The monoisotopic (exact) mass is 174 g/mol. The Balaban J connectivity index is 2.53. The number of hydrogen-bond donors (Lipinski definition) is 0. The van der Waals surface area contributed by atoms with E-state index in [-0.39, 0.29) is 0 Å². The smallest absolute Gasteiger partial charge is 0.101 e. The van der Waals surface area contributed by atoms with Crippen molar-refractivity contribution in [1.82, 2.24) is 4.98 Å². The molecule has 58 valence electrons. The van der Waals surface area contributed by atoms with Crippen LogP contribution in [0.3, 0.4) is 0 Å². The SMILES string of the molecule is N#Cc1cnc2c(c1)CSC=C2. The van der Waals surface area contributed by atoms with Crippen LogP contribution in [0.1, 0.15) is 16.8 Å². The molecule has 2 heterocycles. The van der Waals surface area contributed by atoms with Gasteiger partial charge in [0.2, 0.25) is 0 Å². The van der Waals surface area contributed by atoms with Crippen LogP contribution in [0.25, 0.3) is 6.08 Å². The third-order valence-corrected chi connectivity index (χ3v) is 2.50. The third kappa shape index (κ3) is 1.21. The quantitative estimate of drug-likeness (QED) is 0.604. The summed E-state index contributed by atoms with van der Waals surface area (Å²) in [5.74, 6) is 0.925. The molecule has 1 aromatic rings. The normalized spacial score (nSPS) is 13.6. The van der Waals surface area contributed by atoms with Gasteiger partial charge in [0, 0.05) is 11.9 Å². The van der Waals surface area contributed by atoms with Gasteiger partial charge in [-0.2, -0.15) is 5.26 Å². The van der Waals surface area contributed by atoms with Gasteiger partial charge < -0.3 is 0 Å². The molecule has 0 aromatic carbocycles. The summed E-state index contributed by atoms with van der Waals surface area (Å²) in [4.78, 5) is 4.17. The van der Waals surface area contributed by atoms with E-state index in [1.807, 2.05) is 17.6 Å². The molecule has 0 bridgehead atoms. The van der Waals surface area contributed by atoms with E-state index >= 15 is 0 Å². The number of hydrogen-bond acceptors (Lipinski definition) is 3. The first-order valence-corrected chi connectivity index (χ1v) is 4.62. The molecule has 3 heteroatoms. The second-order valence-corrected chi connectivity index (χ2v) is 3.39. The van der Waals surface area contributed by atoms with Gasteiger partial charge >= 0.3 is 0 Å². The molecule has 0 aliphatic carbocycles. The van der Waals surface area contributed by atoms with E-state index in [9.17, 15) is 0 Å². The summed E-state index contributed by atoms with van der Waals surface area (Å²) in [6.07, 6.45) is 3.59. The summed E-state index contributed by atoms with van der Waals surface area (Å²) < 4.78 is 0. The Kier molecular flexibility index (Phi) is 1.84. The van der Waals surface area contributed by atoms with Gasteiger partial charge in [-0.1, -0.05) is 0 Å². The fraction of sp³-hybridized carbons (Fsp3) is 0.111. The summed E-state index contributed by atoms with van der Waals surface area (Å²) in [6.45, 7) is 0. The molecular weight excluding hydrogens is 168 g/mol. The van der Waals surface area contributed by atoms with Crippen LogP contribution in [-0.2, 0) is 5.75 Å². The van der Waals surface area contributed by atoms with Crippen molar-refractivity contribution in [3.63, 3.8) is 0 Å².